The van der Waals surface area contributed by atoms with Gasteiger partial charge < -0.3 is 0 Å². The molecule has 0 aliphatic heterocycles. The highest BCUT2D eigenvalue weighted by atomic mass is 15.1. The molecule has 1 heterocycles. The number of para-hydroxylation sites is 2. The number of hydrogen-bond acceptors (Lipinski definition) is 1. The first kappa shape index (κ1) is 22.5. The molecule has 2 heteroatoms. The van der Waals surface area contributed by atoms with E-state index in [1.807, 2.05) is 36.4 Å². The third-order valence-electron chi connectivity index (χ3n) is 9.70. The van der Waals surface area contributed by atoms with Gasteiger partial charge >= 0.3 is 0 Å². The highest BCUT2D eigenvalue weighted by Gasteiger charge is 2.24. The van der Waals surface area contributed by atoms with Gasteiger partial charge in [0.2, 0.25) is 0 Å². The molecule has 0 spiro atoms. The van der Waals surface area contributed by atoms with Crippen LogP contribution in [0.15, 0.2) is 152 Å². The maximum Gasteiger partial charge on any atom is 0.111 e. The van der Waals surface area contributed by atoms with Gasteiger partial charge in [0.15, 0.2) is 0 Å². The van der Waals surface area contributed by atoms with E-state index in [1.54, 1.807) is 4.57 Å². The lowest BCUT2D eigenvalue weighted by molar-refractivity contribution is 1.00. The molecule has 0 bridgehead atoms. The van der Waals surface area contributed by atoms with E-state index < -0.39 is 6.85 Å². The van der Waals surface area contributed by atoms with Crippen LogP contribution in [0.3, 0.4) is 0 Å². The first-order valence-electron chi connectivity index (χ1n) is 17.2. The summed E-state index contributed by atoms with van der Waals surface area (Å²) in [5, 5.41) is 7.20. The lowest BCUT2D eigenvalue weighted by Gasteiger charge is -2.19. The molecule has 8 aromatic carbocycles. The van der Waals surface area contributed by atoms with Gasteiger partial charge in [0, 0.05) is 9.80 Å². The van der Waals surface area contributed by atoms with Gasteiger partial charge in [-0.15, -0.1) is 0 Å². The van der Waals surface area contributed by atoms with Crippen molar-refractivity contribution in [1.82, 2.24) is 9.55 Å². The van der Waals surface area contributed by atoms with Crippen molar-refractivity contribution < 1.29 is 4.11 Å². The number of benzene rings is 8. The average molecular weight is 588 g/mol. The van der Waals surface area contributed by atoms with Gasteiger partial charge in [0.05, 0.1) is 11.0 Å². The predicted octanol–water partition coefficient (Wildman–Crippen LogP) is 11.8. The molecule has 214 valence electrons. The van der Waals surface area contributed by atoms with Crippen molar-refractivity contribution in [3.63, 3.8) is 0 Å². The molecule has 1 aliphatic carbocycles. The number of imidazole rings is 1. The molecule has 0 fully saturated rings. The van der Waals surface area contributed by atoms with E-state index in [0.29, 0.717) is 5.52 Å². The lowest BCUT2D eigenvalue weighted by Crippen LogP contribution is -1.97. The Labute approximate surface area is 271 Å². The average Bonchev–Trinajstić information content (AvgIpc) is 3.69. The van der Waals surface area contributed by atoms with E-state index in [9.17, 15) is 0 Å². The zero-order chi connectivity index (χ0) is 32.9. The molecular formula is C44H28N2. The van der Waals surface area contributed by atoms with E-state index >= 15 is 0 Å². The summed E-state index contributed by atoms with van der Waals surface area (Å²) in [6.07, 6.45) is 0. The zero-order valence-electron chi connectivity index (χ0n) is 27.8. The van der Waals surface area contributed by atoms with E-state index in [4.69, 9.17) is 4.11 Å². The quantitative estimate of drug-likeness (QED) is 0.188. The Morgan fingerprint density at radius 2 is 1.04 bits per heavy atom. The fraction of sp³-hybridized carbons (Fsp3) is 0.0227. The Morgan fingerprint density at radius 1 is 0.478 bits per heavy atom. The van der Waals surface area contributed by atoms with E-state index in [-0.39, 0.29) is 5.82 Å². The van der Waals surface area contributed by atoms with Gasteiger partial charge in [-0.1, -0.05) is 127 Å². The molecule has 0 atom stereocenters. The molecule has 46 heavy (non-hydrogen) atoms. The molecule has 2 nitrogen and oxygen atoms in total. The third-order valence-corrected chi connectivity index (χ3v) is 9.70. The minimum Gasteiger partial charge on any atom is -0.297 e. The monoisotopic (exact) mass is 587 g/mol. The van der Waals surface area contributed by atoms with Crippen molar-refractivity contribution in [3.8, 4) is 50.2 Å². The molecule has 0 radical (unpaired) electrons. The molecule has 0 amide bonds. The summed E-state index contributed by atoms with van der Waals surface area (Å²) in [4.78, 5) is 4.56. The fourth-order valence-corrected chi connectivity index (χ4v) is 7.84. The summed E-state index contributed by atoms with van der Waals surface area (Å²) in [5.74, 6) is 0.0603. The Morgan fingerprint density at radius 3 is 1.78 bits per heavy atom. The number of aryl methyl sites for hydroxylation is 1. The smallest absolute Gasteiger partial charge is 0.111 e. The van der Waals surface area contributed by atoms with Crippen molar-refractivity contribution in [1.29, 1.82) is 0 Å². The molecule has 0 unspecified atom stereocenters. The van der Waals surface area contributed by atoms with Crippen LogP contribution in [0.2, 0.25) is 0 Å². The summed E-state index contributed by atoms with van der Waals surface area (Å²) in [6.45, 7) is -2.38. The van der Waals surface area contributed by atoms with Gasteiger partial charge in [-0.2, -0.15) is 0 Å². The second-order valence-electron chi connectivity index (χ2n) is 12.1. The van der Waals surface area contributed by atoms with Gasteiger partial charge in [-0.25, -0.2) is 4.98 Å². The summed E-state index contributed by atoms with van der Waals surface area (Å²) >= 11 is 0. The van der Waals surface area contributed by atoms with Crippen LogP contribution in [0.25, 0.3) is 93.5 Å². The third kappa shape index (κ3) is 3.44. The van der Waals surface area contributed by atoms with Crippen molar-refractivity contribution in [3.05, 3.63) is 157 Å². The number of aromatic nitrogens is 2. The van der Waals surface area contributed by atoms with Crippen LogP contribution >= 0.6 is 0 Å². The van der Waals surface area contributed by atoms with Crippen molar-refractivity contribution in [2.45, 2.75) is 6.85 Å². The van der Waals surface area contributed by atoms with Crippen LogP contribution in [0, 0.1) is 6.85 Å². The molecule has 1 aromatic heterocycles. The zero-order valence-corrected chi connectivity index (χ0v) is 24.8. The molecule has 10 rings (SSSR count). The standard InChI is InChI=1S/C44H28N2/c1-27-45-40-22-8-9-23-41(40)46(27)29-13-10-12-28(26-29)42-33-16-4-6-18-35(33)44(36-19-7-5-17-34(36)42)39-25-24-38-31-15-3-2-14-30(31)32-20-11-21-37(39)43(32)38/h2-26H,1H3/i1D3. The Balaban J connectivity index is 1.26. The number of hydrogen-bond donors (Lipinski definition) is 0. The highest BCUT2D eigenvalue weighted by molar-refractivity contribution is 6.26. The molecular weight excluding hydrogens is 556 g/mol. The minimum absolute atomic E-state index is 0.0603. The van der Waals surface area contributed by atoms with Crippen LogP contribution < -0.4 is 0 Å². The van der Waals surface area contributed by atoms with Crippen LogP contribution in [0.4, 0.5) is 0 Å². The summed E-state index contributed by atoms with van der Waals surface area (Å²) in [5.41, 5.74) is 11.9. The van der Waals surface area contributed by atoms with Gasteiger partial charge in [0.1, 0.15) is 5.82 Å². The van der Waals surface area contributed by atoms with Gasteiger partial charge in [-0.3, -0.25) is 4.57 Å². The van der Waals surface area contributed by atoms with Crippen molar-refractivity contribution in [2.24, 2.45) is 0 Å². The van der Waals surface area contributed by atoms with E-state index in [0.717, 1.165) is 33.1 Å². The van der Waals surface area contributed by atoms with E-state index in [2.05, 4.69) is 120 Å². The Bertz CT molecular complexity index is 2740. The Hall–Kier alpha value is -5.99. The number of fused-ring (bicyclic) bond motifs is 6. The predicted molar refractivity (Wildman–Crippen MR) is 194 cm³/mol. The second-order valence-corrected chi connectivity index (χ2v) is 12.1. The fourth-order valence-electron chi connectivity index (χ4n) is 7.84. The minimum atomic E-state index is -2.38. The first-order valence-corrected chi connectivity index (χ1v) is 15.7. The molecule has 0 N–H and O–H groups in total. The van der Waals surface area contributed by atoms with Gasteiger partial charge in [0.25, 0.3) is 0 Å². The van der Waals surface area contributed by atoms with E-state index in [1.165, 1.54) is 54.9 Å². The second kappa shape index (κ2) is 9.50. The first-order chi connectivity index (χ1) is 24.0. The SMILES string of the molecule is [2H]C([2H])([2H])c1nc2ccccc2n1-c1cccc(-c2c3ccccc3c(-c3ccc4c5c(cccc35)-c3ccccc3-4)c3ccccc23)c1. The number of nitrogens with zero attached hydrogens (tertiary/aromatic N) is 2. The lowest BCUT2D eigenvalue weighted by atomic mass is 9.84. The van der Waals surface area contributed by atoms with Crippen LogP contribution in [-0.2, 0) is 0 Å². The number of rotatable bonds is 3. The molecule has 1 aliphatic rings. The Kier molecular flexibility index (Phi) is 4.65. The molecule has 0 saturated carbocycles. The normalized spacial score (nSPS) is 13.3. The molecule has 0 saturated heterocycles. The van der Waals surface area contributed by atoms with Crippen LogP contribution in [-0.4, -0.2) is 9.55 Å². The van der Waals surface area contributed by atoms with Gasteiger partial charge in [-0.05, 0) is 108 Å². The summed E-state index contributed by atoms with van der Waals surface area (Å²) in [7, 11) is 0. The largest absolute Gasteiger partial charge is 0.297 e. The maximum atomic E-state index is 8.31. The maximum absolute atomic E-state index is 8.31. The van der Waals surface area contributed by atoms with Crippen molar-refractivity contribution >= 4 is 43.4 Å². The van der Waals surface area contributed by atoms with Crippen LogP contribution in [0.5, 0.6) is 0 Å². The van der Waals surface area contributed by atoms with Crippen LogP contribution in [0.1, 0.15) is 9.94 Å². The topological polar surface area (TPSA) is 17.8 Å². The van der Waals surface area contributed by atoms with Crippen molar-refractivity contribution in [2.75, 3.05) is 0 Å². The summed E-state index contributed by atoms with van der Waals surface area (Å²) < 4.78 is 26.7. The highest BCUT2D eigenvalue weighted by Crippen LogP contribution is 2.51. The molecule has 9 aromatic rings. The summed E-state index contributed by atoms with van der Waals surface area (Å²) in [6, 6.07) is 53.2.